The van der Waals surface area contributed by atoms with Crippen LogP contribution in [0, 0.1) is 0 Å². The van der Waals surface area contributed by atoms with Gasteiger partial charge in [-0.25, -0.2) is 0 Å². The molecule has 4 heteroatoms. The fraction of sp³-hybridized carbons (Fsp3) is 0.667. The second-order valence-electron chi connectivity index (χ2n) is 1.24. The Morgan fingerprint density at radius 1 is 1.86 bits per heavy atom. The summed E-state index contributed by atoms with van der Waals surface area (Å²) in [5.41, 5.74) is 0. The predicted octanol–water partition coefficient (Wildman–Crippen LogP) is -0.324. The van der Waals surface area contributed by atoms with E-state index in [1.165, 1.54) is 0 Å². The number of hydrogen-bond donors (Lipinski definition) is 1. The Kier molecular flexibility index (Phi) is 1.71. The van der Waals surface area contributed by atoms with Crippen molar-refractivity contribution in [2.45, 2.75) is 0 Å². The summed E-state index contributed by atoms with van der Waals surface area (Å²) in [4.78, 5) is 3.99. The number of nitrogens with one attached hydrogen (secondary N) is 1. The molecule has 7 heavy (non-hydrogen) atoms. The summed E-state index contributed by atoms with van der Waals surface area (Å²) >= 11 is 1.73. The third kappa shape index (κ3) is 1.18. The van der Waals surface area contributed by atoms with Gasteiger partial charge in [-0.3, -0.25) is 0 Å². The first kappa shape index (κ1) is 5.13. The quantitative estimate of drug-likeness (QED) is 0.449. The summed E-state index contributed by atoms with van der Waals surface area (Å²) in [6, 6.07) is 0. The fourth-order valence-corrected chi connectivity index (χ4v) is 0.694. The monoisotopic (exact) mass is 131 g/mol. The zero-order chi connectivity index (χ0) is 5.11. The Morgan fingerprint density at radius 2 is 2.71 bits per heavy atom. The molecule has 0 unspecified atom stereocenters. The molecule has 0 amide bonds. The van der Waals surface area contributed by atoms with Crippen molar-refractivity contribution in [2.24, 2.45) is 8.41 Å². The van der Waals surface area contributed by atoms with E-state index in [9.17, 15) is 0 Å². The van der Waals surface area contributed by atoms with Gasteiger partial charge in [0.25, 0.3) is 0 Å². The maximum absolute atomic E-state index is 3.99. The molecule has 1 heterocycles. The molecule has 1 N–H and O–H groups in total. The van der Waals surface area contributed by atoms with Crippen LogP contribution in [0.25, 0.3) is 0 Å². The first-order chi connectivity index (χ1) is 3.43. The van der Waals surface area contributed by atoms with Gasteiger partial charge in [0.1, 0.15) is 0 Å². The molecule has 0 aliphatic carbocycles. The predicted molar refractivity (Wildman–Crippen MR) is 22.7 cm³/mol. The standard InChI is InChI=1S/C3H5N3.Ti/c4-3-5-1-2-6-3;/h1-2H2,(H,5,6);. The second kappa shape index (κ2) is 2.33. The number of nitrogens with zero attached hydrogens (tertiary/aromatic N) is 2. The molecule has 0 atom stereocenters. The normalized spacial score (nSPS) is 17.9. The van der Waals surface area contributed by atoms with Gasteiger partial charge in [0.05, 0.1) is 0 Å². The van der Waals surface area contributed by atoms with Crippen LogP contribution in [0.5, 0.6) is 0 Å². The van der Waals surface area contributed by atoms with E-state index in [4.69, 9.17) is 0 Å². The first-order valence-electron chi connectivity index (χ1n) is 2.09. The summed E-state index contributed by atoms with van der Waals surface area (Å²) < 4.78 is 3.83. The average molecular weight is 131 g/mol. The van der Waals surface area contributed by atoms with Crippen LogP contribution >= 0.6 is 0 Å². The Labute approximate surface area is 53.5 Å². The summed E-state index contributed by atoms with van der Waals surface area (Å²) in [7, 11) is 0. The van der Waals surface area contributed by atoms with Crippen molar-refractivity contribution >= 4 is 5.96 Å². The van der Waals surface area contributed by atoms with Crippen LogP contribution in [0.1, 0.15) is 0 Å². The molecule has 36 valence electrons. The van der Waals surface area contributed by atoms with E-state index < -0.39 is 0 Å². The molecule has 0 aromatic carbocycles. The van der Waals surface area contributed by atoms with E-state index in [0.29, 0.717) is 0 Å². The third-order valence-electron chi connectivity index (χ3n) is 0.762. The van der Waals surface area contributed by atoms with Crippen LogP contribution in [-0.4, -0.2) is 19.0 Å². The molecule has 0 bridgehead atoms. The molecule has 0 aromatic rings. The van der Waals surface area contributed by atoms with Crippen molar-refractivity contribution in [1.29, 1.82) is 0 Å². The van der Waals surface area contributed by atoms with Gasteiger partial charge < -0.3 is 0 Å². The van der Waals surface area contributed by atoms with Crippen LogP contribution in [-0.2, 0) is 20.3 Å². The van der Waals surface area contributed by atoms with Crippen LogP contribution in [0.15, 0.2) is 8.41 Å². The number of rotatable bonds is 0. The van der Waals surface area contributed by atoms with Gasteiger partial charge in [-0.15, -0.1) is 0 Å². The Balaban J connectivity index is 2.51. The van der Waals surface area contributed by atoms with Gasteiger partial charge in [0, 0.05) is 0 Å². The SMILES string of the molecule is [Ti]=[N]C1=NCCN1. The van der Waals surface area contributed by atoms with Crippen molar-refractivity contribution < 1.29 is 20.3 Å². The molecule has 1 aliphatic rings. The van der Waals surface area contributed by atoms with Crippen LogP contribution in [0.3, 0.4) is 0 Å². The number of guanidine groups is 1. The second-order valence-corrected chi connectivity index (χ2v) is 1.59. The van der Waals surface area contributed by atoms with E-state index >= 15 is 0 Å². The van der Waals surface area contributed by atoms with Crippen molar-refractivity contribution in [3.63, 3.8) is 0 Å². The molecule has 0 fully saturated rings. The summed E-state index contributed by atoms with van der Waals surface area (Å²) in [6.45, 7) is 1.83. The zero-order valence-corrected chi connectivity index (χ0v) is 5.37. The molecular formula is C3H5N3Ti. The van der Waals surface area contributed by atoms with E-state index in [0.717, 1.165) is 19.0 Å². The number of hydrogen-bond acceptors (Lipinski definition) is 3. The summed E-state index contributed by atoms with van der Waals surface area (Å²) in [5.74, 6) is 0.792. The van der Waals surface area contributed by atoms with Crippen LogP contribution in [0.4, 0.5) is 0 Å². The van der Waals surface area contributed by atoms with Gasteiger partial charge in [-0.1, -0.05) is 0 Å². The van der Waals surface area contributed by atoms with Crippen molar-refractivity contribution in [2.75, 3.05) is 13.1 Å². The Bertz CT molecular complexity index is 109. The minimum absolute atomic E-state index is 0.792. The Morgan fingerprint density at radius 3 is 3.00 bits per heavy atom. The van der Waals surface area contributed by atoms with Gasteiger partial charge in [-0.2, -0.15) is 0 Å². The summed E-state index contributed by atoms with van der Waals surface area (Å²) in [5, 5.41) is 2.99. The third-order valence-corrected chi connectivity index (χ3v) is 1.09. The molecule has 0 radical (unpaired) electrons. The van der Waals surface area contributed by atoms with Crippen molar-refractivity contribution in [3.8, 4) is 0 Å². The molecule has 1 rings (SSSR count). The molecule has 1 aliphatic heterocycles. The van der Waals surface area contributed by atoms with Crippen molar-refractivity contribution in [1.82, 2.24) is 5.32 Å². The first-order valence-corrected chi connectivity index (χ1v) is 2.79. The van der Waals surface area contributed by atoms with Gasteiger partial charge >= 0.3 is 53.0 Å². The summed E-state index contributed by atoms with van der Waals surface area (Å²) in [6.07, 6.45) is 0. The molecule has 0 aromatic heterocycles. The van der Waals surface area contributed by atoms with Crippen LogP contribution < -0.4 is 5.32 Å². The average Bonchev–Trinajstić information content (AvgIpc) is 2.14. The molecule has 0 saturated carbocycles. The van der Waals surface area contributed by atoms with E-state index in [1.54, 1.807) is 20.3 Å². The van der Waals surface area contributed by atoms with Gasteiger partial charge in [0.15, 0.2) is 0 Å². The minimum atomic E-state index is 0.792. The fourth-order valence-electron chi connectivity index (χ4n) is 0.460. The number of aliphatic imine (C=N–C) groups is 1. The van der Waals surface area contributed by atoms with E-state index in [-0.39, 0.29) is 0 Å². The van der Waals surface area contributed by atoms with Crippen LogP contribution in [0.2, 0.25) is 0 Å². The van der Waals surface area contributed by atoms with Gasteiger partial charge in [0.2, 0.25) is 0 Å². The zero-order valence-electron chi connectivity index (χ0n) is 3.81. The maximum atomic E-state index is 3.99. The van der Waals surface area contributed by atoms with Crippen molar-refractivity contribution in [3.05, 3.63) is 0 Å². The molecular weight excluding hydrogens is 126 g/mol. The molecule has 0 saturated heterocycles. The topological polar surface area (TPSA) is 36.8 Å². The molecule has 0 spiro atoms. The molecule has 3 nitrogen and oxygen atoms in total. The Hall–Kier alpha value is -0.0157. The van der Waals surface area contributed by atoms with E-state index in [2.05, 4.69) is 13.7 Å². The van der Waals surface area contributed by atoms with Gasteiger partial charge in [-0.05, 0) is 0 Å². The van der Waals surface area contributed by atoms with E-state index in [1.807, 2.05) is 0 Å².